The number of ether oxygens (including phenoxy) is 1. The number of alkyl halides is 2. The molecule has 0 radical (unpaired) electrons. The summed E-state index contributed by atoms with van der Waals surface area (Å²) in [5, 5.41) is 8.97. The lowest BCUT2D eigenvalue weighted by Crippen LogP contribution is -2.17. The van der Waals surface area contributed by atoms with E-state index in [9.17, 15) is 13.6 Å². The molecule has 0 spiro atoms. The van der Waals surface area contributed by atoms with Gasteiger partial charge < -0.3 is 14.4 Å². The number of imidazole rings is 1. The van der Waals surface area contributed by atoms with Crippen molar-refractivity contribution in [2.45, 2.75) is 25.0 Å². The van der Waals surface area contributed by atoms with Crippen LogP contribution in [0.25, 0.3) is 11.0 Å². The van der Waals surface area contributed by atoms with Crippen LogP contribution in [-0.4, -0.2) is 39.3 Å². The highest BCUT2D eigenvalue weighted by Gasteiger charge is 2.40. The molecule has 2 heterocycles. The van der Waals surface area contributed by atoms with Crippen molar-refractivity contribution in [1.29, 1.82) is 0 Å². The molecule has 1 aromatic heterocycles. The summed E-state index contributed by atoms with van der Waals surface area (Å²) in [7, 11) is 0. The van der Waals surface area contributed by atoms with Gasteiger partial charge >= 0.3 is 5.97 Å². The second-order valence-corrected chi connectivity index (χ2v) is 4.90. The molecular weight excluding hydrogens is 270 g/mol. The van der Waals surface area contributed by atoms with Crippen LogP contribution in [0.5, 0.6) is 0 Å². The molecule has 0 bridgehead atoms. The molecule has 3 rings (SSSR count). The Kier molecular flexibility index (Phi) is 2.93. The average molecular weight is 282 g/mol. The van der Waals surface area contributed by atoms with Gasteiger partial charge in [-0.1, -0.05) is 0 Å². The van der Waals surface area contributed by atoms with Crippen LogP contribution in [0.1, 0.15) is 16.8 Å². The molecular formula is C13H12F2N2O3. The zero-order valence-corrected chi connectivity index (χ0v) is 10.4. The van der Waals surface area contributed by atoms with Gasteiger partial charge in [0.1, 0.15) is 6.61 Å². The highest BCUT2D eigenvalue weighted by atomic mass is 19.3. The number of halogens is 2. The second kappa shape index (κ2) is 4.52. The van der Waals surface area contributed by atoms with E-state index < -0.39 is 24.6 Å². The largest absolute Gasteiger partial charge is 0.478 e. The minimum Gasteiger partial charge on any atom is -0.478 e. The summed E-state index contributed by atoms with van der Waals surface area (Å²) in [6.07, 6.45) is 0.595. The monoisotopic (exact) mass is 282 g/mol. The summed E-state index contributed by atoms with van der Waals surface area (Å²) in [5.41, 5.74) is 1.36. The van der Waals surface area contributed by atoms with Gasteiger partial charge in [-0.05, 0) is 18.2 Å². The van der Waals surface area contributed by atoms with E-state index in [-0.39, 0.29) is 18.5 Å². The molecule has 1 saturated heterocycles. The number of hydrogen-bond donors (Lipinski definition) is 1. The maximum Gasteiger partial charge on any atom is 0.335 e. The Morgan fingerprint density at radius 2 is 2.35 bits per heavy atom. The second-order valence-electron chi connectivity index (χ2n) is 4.90. The van der Waals surface area contributed by atoms with E-state index in [0.29, 0.717) is 11.0 Å². The Morgan fingerprint density at radius 3 is 3.00 bits per heavy atom. The summed E-state index contributed by atoms with van der Waals surface area (Å²) < 4.78 is 32.9. The quantitative estimate of drug-likeness (QED) is 0.937. The highest BCUT2D eigenvalue weighted by Crippen LogP contribution is 2.30. The first-order chi connectivity index (χ1) is 9.44. The van der Waals surface area contributed by atoms with E-state index in [0.717, 1.165) is 0 Å². The third-order valence-electron chi connectivity index (χ3n) is 3.32. The molecule has 5 nitrogen and oxygen atoms in total. The zero-order chi connectivity index (χ0) is 14.3. The SMILES string of the molecule is O=C(O)c1ccc2ncn(CC3CC(F)(F)CO3)c2c1. The minimum atomic E-state index is -2.78. The fourth-order valence-corrected chi connectivity index (χ4v) is 2.36. The smallest absolute Gasteiger partial charge is 0.335 e. The molecule has 2 aromatic rings. The molecule has 1 unspecified atom stereocenters. The number of carboxylic acid groups (broad SMARTS) is 1. The molecule has 1 fully saturated rings. The van der Waals surface area contributed by atoms with E-state index >= 15 is 0 Å². The van der Waals surface area contributed by atoms with Crippen LogP contribution in [0.15, 0.2) is 24.5 Å². The van der Waals surface area contributed by atoms with Crippen LogP contribution in [-0.2, 0) is 11.3 Å². The van der Waals surface area contributed by atoms with Crippen LogP contribution in [0.2, 0.25) is 0 Å². The van der Waals surface area contributed by atoms with Gasteiger partial charge in [0.15, 0.2) is 0 Å². The number of fused-ring (bicyclic) bond motifs is 1. The van der Waals surface area contributed by atoms with Crippen LogP contribution in [0.3, 0.4) is 0 Å². The van der Waals surface area contributed by atoms with Gasteiger partial charge in [-0.25, -0.2) is 18.6 Å². The Morgan fingerprint density at radius 1 is 1.55 bits per heavy atom. The first kappa shape index (κ1) is 13.0. The van der Waals surface area contributed by atoms with Gasteiger partial charge in [0, 0.05) is 6.42 Å². The Bertz CT molecular complexity index is 669. The number of carbonyl (C=O) groups is 1. The van der Waals surface area contributed by atoms with Crippen LogP contribution in [0.4, 0.5) is 8.78 Å². The van der Waals surface area contributed by atoms with Crippen LogP contribution < -0.4 is 0 Å². The number of aromatic nitrogens is 2. The topological polar surface area (TPSA) is 64.3 Å². The molecule has 7 heteroatoms. The fraction of sp³-hybridized carbons (Fsp3) is 0.385. The predicted molar refractivity (Wildman–Crippen MR) is 66.0 cm³/mol. The van der Waals surface area contributed by atoms with Crippen molar-refractivity contribution < 1.29 is 23.4 Å². The van der Waals surface area contributed by atoms with Crippen molar-refractivity contribution in [3.8, 4) is 0 Å². The molecule has 0 saturated carbocycles. The molecule has 1 N–H and O–H groups in total. The molecule has 106 valence electrons. The van der Waals surface area contributed by atoms with E-state index in [4.69, 9.17) is 9.84 Å². The van der Waals surface area contributed by atoms with Gasteiger partial charge in [-0.3, -0.25) is 0 Å². The highest BCUT2D eigenvalue weighted by molar-refractivity contribution is 5.92. The third-order valence-corrected chi connectivity index (χ3v) is 3.32. The lowest BCUT2D eigenvalue weighted by Gasteiger charge is -2.11. The first-order valence-corrected chi connectivity index (χ1v) is 6.12. The molecule has 0 amide bonds. The van der Waals surface area contributed by atoms with Gasteiger partial charge in [0.2, 0.25) is 0 Å². The van der Waals surface area contributed by atoms with E-state index in [1.54, 1.807) is 10.6 Å². The zero-order valence-electron chi connectivity index (χ0n) is 10.4. The molecule has 1 atom stereocenters. The first-order valence-electron chi connectivity index (χ1n) is 6.12. The maximum atomic E-state index is 13.1. The van der Waals surface area contributed by atoms with Crippen molar-refractivity contribution in [2.24, 2.45) is 0 Å². The van der Waals surface area contributed by atoms with E-state index in [1.165, 1.54) is 18.5 Å². The number of carboxylic acids is 1. The van der Waals surface area contributed by atoms with Crippen LogP contribution >= 0.6 is 0 Å². The van der Waals surface area contributed by atoms with Crippen LogP contribution in [0, 0.1) is 0 Å². The minimum absolute atomic E-state index is 0.136. The number of rotatable bonds is 3. The molecule has 1 aliphatic rings. The summed E-state index contributed by atoms with van der Waals surface area (Å²) >= 11 is 0. The summed E-state index contributed by atoms with van der Waals surface area (Å²) in [5.74, 6) is -3.82. The van der Waals surface area contributed by atoms with Crippen molar-refractivity contribution in [3.63, 3.8) is 0 Å². The molecule has 1 aliphatic heterocycles. The normalized spacial score (nSPS) is 21.4. The van der Waals surface area contributed by atoms with Crippen molar-refractivity contribution in [3.05, 3.63) is 30.1 Å². The Hall–Kier alpha value is -2.02. The lowest BCUT2D eigenvalue weighted by molar-refractivity contribution is -0.0105. The van der Waals surface area contributed by atoms with E-state index in [2.05, 4.69) is 4.98 Å². The summed E-state index contributed by atoms with van der Waals surface area (Å²) in [6, 6.07) is 4.54. The number of hydrogen-bond acceptors (Lipinski definition) is 3. The van der Waals surface area contributed by atoms with E-state index in [1.807, 2.05) is 0 Å². The standard InChI is InChI=1S/C13H12F2N2O3/c14-13(15)4-9(20-6-13)5-17-7-16-10-2-1-8(12(18)19)3-11(10)17/h1-3,7,9H,4-6H2,(H,18,19). The average Bonchev–Trinajstić information content (AvgIpc) is 2.93. The number of aromatic carboxylic acids is 1. The Labute approximate surface area is 112 Å². The fourth-order valence-electron chi connectivity index (χ4n) is 2.36. The van der Waals surface area contributed by atoms with Gasteiger partial charge in [-0.15, -0.1) is 0 Å². The van der Waals surface area contributed by atoms with Crippen molar-refractivity contribution in [2.75, 3.05) is 6.61 Å². The van der Waals surface area contributed by atoms with Gasteiger partial charge in [0.25, 0.3) is 5.92 Å². The number of nitrogens with zero attached hydrogens (tertiary/aromatic N) is 2. The molecule has 0 aliphatic carbocycles. The van der Waals surface area contributed by atoms with Crippen molar-refractivity contribution >= 4 is 17.0 Å². The predicted octanol–water partition coefficient (Wildman–Crippen LogP) is 2.16. The van der Waals surface area contributed by atoms with Gasteiger partial charge in [-0.2, -0.15) is 0 Å². The number of benzene rings is 1. The summed E-state index contributed by atoms with van der Waals surface area (Å²) in [4.78, 5) is 15.1. The maximum absolute atomic E-state index is 13.1. The molecule has 20 heavy (non-hydrogen) atoms. The van der Waals surface area contributed by atoms with Gasteiger partial charge in [0.05, 0.1) is 35.6 Å². The Balaban J connectivity index is 1.88. The molecule has 1 aromatic carbocycles. The summed E-state index contributed by atoms with van der Waals surface area (Å²) in [6.45, 7) is -0.333. The third kappa shape index (κ3) is 2.36. The lowest BCUT2D eigenvalue weighted by atomic mass is 10.2. The van der Waals surface area contributed by atoms with Crippen molar-refractivity contribution in [1.82, 2.24) is 9.55 Å².